The highest BCUT2D eigenvalue weighted by Crippen LogP contribution is 2.17. The van der Waals surface area contributed by atoms with Crippen LogP contribution in [0, 0.1) is 6.92 Å². The van der Waals surface area contributed by atoms with Crippen LogP contribution in [-0.4, -0.2) is 34.0 Å². The zero-order valence-corrected chi connectivity index (χ0v) is 11.7. The van der Waals surface area contributed by atoms with Crippen LogP contribution in [0.5, 0.6) is 0 Å². The summed E-state index contributed by atoms with van der Waals surface area (Å²) in [5.41, 5.74) is 1.36. The lowest BCUT2D eigenvalue weighted by Crippen LogP contribution is -2.33. The monoisotopic (exact) mass is 275 g/mol. The number of amides is 1. The quantitative estimate of drug-likeness (QED) is 0.884. The van der Waals surface area contributed by atoms with Gasteiger partial charge >= 0.3 is 0 Å². The Kier molecular flexibility index (Phi) is 3.76. The normalized spacial score (nSPS) is 10.6. The van der Waals surface area contributed by atoms with Crippen LogP contribution in [-0.2, 0) is 11.8 Å². The molecule has 1 aromatic carbocycles. The number of nitrogens with zero attached hydrogens (tertiary/aromatic N) is 3. The van der Waals surface area contributed by atoms with Gasteiger partial charge in [-0.3, -0.25) is 14.3 Å². The zero-order chi connectivity index (χ0) is 14.9. The first-order valence-electron chi connectivity index (χ1n) is 6.20. The minimum absolute atomic E-state index is 0.274. The molecule has 0 saturated heterocycles. The highest BCUT2D eigenvalue weighted by atomic mass is 16.3. The summed E-state index contributed by atoms with van der Waals surface area (Å²) >= 11 is 0. The second kappa shape index (κ2) is 5.34. The summed E-state index contributed by atoms with van der Waals surface area (Å²) in [6, 6.07) is 9.18. The van der Waals surface area contributed by atoms with E-state index >= 15 is 0 Å². The Morgan fingerprint density at radius 3 is 2.45 bits per heavy atom. The van der Waals surface area contributed by atoms with Crippen LogP contribution in [0.15, 0.2) is 35.1 Å². The van der Waals surface area contributed by atoms with E-state index in [0.717, 1.165) is 5.69 Å². The van der Waals surface area contributed by atoms with E-state index < -0.39 is 12.5 Å². The van der Waals surface area contributed by atoms with Crippen molar-refractivity contribution in [3.05, 3.63) is 46.4 Å². The number of anilines is 1. The van der Waals surface area contributed by atoms with Crippen LogP contribution in [0.4, 0.5) is 5.69 Å². The molecule has 0 spiro atoms. The summed E-state index contributed by atoms with van der Waals surface area (Å²) in [5, 5.41) is 8.93. The number of benzene rings is 1. The smallest absolute Gasteiger partial charge is 0.295 e. The molecule has 0 fully saturated rings. The van der Waals surface area contributed by atoms with Crippen molar-refractivity contribution in [3.63, 3.8) is 0 Å². The molecule has 20 heavy (non-hydrogen) atoms. The number of aromatic nitrogens is 2. The van der Waals surface area contributed by atoms with E-state index in [0.29, 0.717) is 5.69 Å². The molecular weight excluding hydrogens is 258 g/mol. The number of likely N-dealkylation sites (N-methyl/N-ethyl adjacent to an activating group) is 1. The summed E-state index contributed by atoms with van der Waals surface area (Å²) in [4.78, 5) is 25.3. The third-order valence-electron chi connectivity index (χ3n) is 3.37. The van der Waals surface area contributed by atoms with Gasteiger partial charge in [0, 0.05) is 14.1 Å². The number of aliphatic hydroxyl groups is 1. The molecule has 1 aromatic heterocycles. The molecule has 6 heteroatoms. The van der Waals surface area contributed by atoms with Crippen LogP contribution in [0.25, 0.3) is 5.69 Å². The Morgan fingerprint density at radius 2 is 1.90 bits per heavy atom. The highest BCUT2D eigenvalue weighted by Gasteiger charge is 2.22. The third-order valence-corrected chi connectivity index (χ3v) is 3.37. The lowest BCUT2D eigenvalue weighted by molar-refractivity contribution is -0.120. The van der Waals surface area contributed by atoms with Gasteiger partial charge in [0.1, 0.15) is 12.3 Å². The fraction of sp³-hybridized carbons (Fsp3) is 0.286. The number of hydrogen-bond acceptors (Lipinski definition) is 3. The maximum atomic E-state index is 12.5. The highest BCUT2D eigenvalue weighted by molar-refractivity contribution is 5.94. The Balaban J connectivity index is 2.64. The largest absolute Gasteiger partial charge is 0.387 e. The Bertz CT molecular complexity index is 686. The third kappa shape index (κ3) is 2.14. The Hall–Kier alpha value is -2.34. The van der Waals surface area contributed by atoms with E-state index in [9.17, 15) is 9.59 Å². The van der Waals surface area contributed by atoms with Crippen LogP contribution in [0.2, 0.25) is 0 Å². The maximum absolute atomic E-state index is 12.5. The molecule has 106 valence electrons. The molecule has 0 unspecified atom stereocenters. The van der Waals surface area contributed by atoms with Gasteiger partial charge in [-0.25, -0.2) is 4.68 Å². The van der Waals surface area contributed by atoms with Gasteiger partial charge < -0.3 is 10.0 Å². The molecule has 6 nitrogen and oxygen atoms in total. The first kappa shape index (κ1) is 14.1. The molecule has 0 aliphatic carbocycles. The predicted molar refractivity (Wildman–Crippen MR) is 76.2 cm³/mol. The van der Waals surface area contributed by atoms with Crippen molar-refractivity contribution in [3.8, 4) is 5.69 Å². The molecule has 0 bridgehead atoms. The van der Waals surface area contributed by atoms with Crippen molar-refractivity contribution in [1.29, 1.82) is 0 Å². The standard InChI is InChI=1S/C14H17N3O3/c1-10-13(15(2)12(19)9-18)14(20)17(16(10)3)11-7-5-4-6-8-11/h4-8,18H,9H2,1-3H3. The van der Waals surface area contributed by atoms with Crippen molar-refractivity contribution in [2.45, 2.75) is 6.92 Å². The van der Waals surface area contributed by atoms with Gasteiger partial charge in [0.05, 0.1) is 11.4 Å². The Morgan fingerprint density at radius 1 is 1.30 bits per heavy atom. The lowest BCUT2D eigenvalue weighted by atomic mass is 10.3. The number of rotatable bonds is 3. The number of para-hydroxylation sites is 1. The fourth-order valence-corrected chi connectivity index (χ4v) is 2.17. The molecule has 2 rings (SSSR count). The van der Waals surface area contributed by atoms with Gasteiger partial charge in [0.15, 0.2) is 0 Å². The summed E-state index contributed by atoms with van der Waals surface area (Å²) < 4.78 is 3.18. The second-order valence-corrected chi connectivity index (χ2v) is 4.52. The summed E-state index contributed by atoms with van der Waals surface area (Å²) in [5.74, 6) is -0.518. The average molecular weight is 275 g/mol. The van der Waals surface area contributed by atoms with Crippen molar-refractivity contribution < 1.29 is 9.90 Å². The number of carbonyl (C=O) groups excluding carboxylic acids is 1. The number of aliphatic hydroxyl groups excluding tert-OH is 1. The van der Waals surface area contributed by atoms with E-state index in [4.69, 9.17) is 5.11 Å². The second-order valence-electron chi connectivity index (χ2n) is 4.52. The predicted octanol–water partition coefficient (Wildman–Crippen LogP) is 0.440. The molecule has 0 aliphatic heterocycles. The molecule has 2 aromatic rings. The van der Waals surface area contributed by atoms with Crippen molar-refractivity contribution in [2.24, 2.45) is 7.05 Å². The molecule has 0 radical (unpaired) electrons. The van der Waals surface area contributed by atoms with E-state index in [1.54, 1.807) is 18.7 Å². The summed E-state index contributed by atoms with van der Waals surface area (Å²) in [6.07, 6.45) is 0. The molecule has 0 atom stereocenters. The van der Waals surface area contributed by atoms with E-state index in [-0.39, 0.29) is 11.2 Å². The molecule has 0 aliphatic rings. The Labute approximate surface area is 116 Å². The van der Waals surface area contributed by atoms with Crippen molar-refractivity contribution in [2.75, 3.05) is 18.6 Å². The topological polar surface area (TPSA) is 67.5 Å². The molecule has 1 amide bonds. The van der Waals surface area contributed by atoms with Crippen molar-refractivity contribution in [1.82, 2.24) is 9.36 Å². The lowest BCUT2D eigenvalue weighted by Gasteiger charge is -2.13. The maximum Gasteiger partial charge on any atom is 0.295 e. The zero-order valence-electron chi connectivity index (χ0n) is 11.7. The minimum Gasteiger partial charge on any atom is -0.387 e. The van der Waals surface area contributed by atoms with Gasteiger partial charge in [-0.15, -0.1) is 0 Å². The van der Waals surface area contributed by atoms with Crippen LogP contribution < -0.4 is 10.5 Å². The molecule has 1 heterocycles. The van der Waals surface area contributed by atoms with Crippen molar-refractivity contribution >= 4 is 11.6 Å². The SMILES string of the molecule is Cc1c(N(C)C(=O)CO)c(=O)n(-c2ccccc2)n1C. The van der Waals surface area contributed by atoms with Gasteiger partial charge in [0.2, 0.25) is 0 Å². The molecular formula is C14H17N3O3. The van der Waals surface area contributed by atoms with Crippen LogP contribution >= 0.6 is 0 Å². The minimum atomic E-state index is -0.629. The van der Waals surface area contributed by atoms with Crippen LogP contribution in [0.1, 0.15) is 5.69 Å². The van der Waals surface area contributed by atoms with E-state index in [2.05, 4.69) is 0 Å². The van der Waals surface area contributed by atoms with Gasteiger partial charge in [-0.2, -0.15) is 0 Å². The first-order chi connectivity index (χ1) is 9.49. The molecule has 1 N–H and O–H groups in total. The number of carbonyl (C=O) groups is 1. The fourth-order valence-electron chi connectivity index (χ4n) is 2.17. The first-order valence-corrected chi connectivity index (χ1v) is 6.20. The summed E-state index contributed by atoms with van der Waals surface area (Å²) in [6.45, 7) is 1.13. The number of hydrogen-bond donors (Lipinski definition) is 1. The van der Waals surface area contributed by atoms with Gasteiger partial charge in [-0.1, -0.05) is 18.2 Å². The van der Waals surface area contributed by atoms with E-state index in [1.807, 2.05) is 30.3 Å². The van der Waals surface area contributed by atoms with Crippen LogP contribution in [0.3, 0.4) is 0 Å². The van der Waals surface area contributed by atoms with E-state index in [1.165, 1.54) is 16.6 Å². The van der Waals surface area contributed by atoms with Gasteiger partial charge in [-0.05, 0) is 19.1 Å². The summed E-state index contributed by atoms with van der Waals surface area (Å²) in [7, 11) is 3.24. The average Bonchev–Trinajstić information content (AvgIpc) is 2.68. The van der Waals surface area contributed by atoms with Gasteiger partial charge in [0.25, 0.3) is 11.5 Å². The molecule has 0 saturated carbocycles.